The summed E-state index contributed by atoms with van der Waals surface area (Å²) < 4.78 is 0. The van der Waals surface area contributed by atoms with E-state index in [4.69, 9.17) is 5.73 Å². The van der Waals surface area contributed by atoms with Gasteiger partial charge in [0, 0.05) is 12.6 Å². The van der Waals surface area contributed by atoms with Crippen molar-refractivity contribution in [3.05, 3.63) is 35.4 Å². The van der Waals surface area contributed by atoms with Gasteiger partial charge in [-0.15, -0.1) is 0 Å². The van der Waals surface area contributed by atoms with E-state index in [1.807, 2.05) is 0 Å². The highest BCUT2D eigenvalue weighted by Crippen LogP contribution is 2.23. The van der Waals surface area contributed by atoms with Gasteiger partial charge < -0.3 is 10.6 Å². The molecular weight excluding hydrogens is 232 g/mol. The molecule has 19 heavy (non-hydrogen) atoms. The van der Waals surface area contributed by atoms with Gasteiger partial charge in [-0.1, -0.05) is 58.4 Å². The molecule has 0 fully saturated rings. The molecule has 1 unspecified atom stereocenters. The van der Waals surface area contributed by atoms with E-state index in [1.165, 1.54) is 24.0 Å². The summed E-state index contributed by atoms with van der Waals surface area (Å²) in [7, 11) is 2.15. The summed E-state index contributed by atoms with van der Waals surface area (Å²) in [6.45, 7) is 11.0. The second-order valence-corrected chi connectivity index (χ2v) is 6.59. The summed E-state index contributed by atoms with van der Waals surface area (Å²) in [4.78, 5) is 2.33. The van der Waals surface area contributed by atoms with Crippen molar-refractivity contribution in [2.45, 2.75) is 52.0 Å². The van der Waals surface area contributed by atoms with Crippen LogP contribution in [-0.2, 0) is 5.41 Å². The molecule has 0 radical (unpaired) electrons. The average molecular weight is 262 g/mol. The number of nitrogens with two attached hydrogens (primary N) is 1. The minimum atomic E-state index is 0.107. The van der Waals surface area contributed by atoms with E-state index in [-0.39, 0.29) is 11.5 Å². The molecule has 0 aromatic heterocycles. The Morgan fingerprint density at radius 2 is 1.74 bits per heavy atom. The molecule has 0 aliphatic heterocycles. The first-order valence-electron chi connectivity index (χ1n) is 7.39. The minimum absolute atomic E-state index is 0.107. The summed E-state index contributed by atoms with van der Waals surface area (Å²) in [5, 5.41) is 0. The van der Waals surface area contributed by atoms with Crippen LogP contribution in [0.15, 0.2) is 24.3 Å². The van der Waals surface area contributed by atoms with Crippen molar-refractivity contribution in [1.29, 1.82) is 0 Å². The highest BCUT2D eigenvalue weighted by molar-refractivity contribution is 5.29. The minimum Gasteiger partial charge on any atom is -0.323 e. The molecule has 1 aromatic rings. The normalized spacial score (nSPS) is 13.8. The van der Waals surface area contributed by atoms with Crippen LogP contribution in [0.5, 0.6) is 0 Å². The van der Waals surface area contributed by atoms with Crippen molar-refractivity contribution in [2.75, 3.05) is 20.1 Å². The van der Waals surface area contributed by atoms with Gasteiger partial charge in [-0.3, -0.25) is 0 Å². The molecule has 0 spiro atoms. The second-order valence-electron chi connectivity index (χ2n) is 6.59. The molecule has 0 saturated carbocycles. The third-order valence-electron chi connectivity index (χ3n) is 3.61. The summed E-state index contributed by atoms with van der Waals surface area (Å²) in [5.74, 6) is 0. The van der Waals surface area contributed by atoms with Crippen LogP contribution in [-0.4, -0.2) is 25.0 Å². The van der Waals surface area contributed by atoms with E-state index in [0.717, 1.165) is 13.1 Å². The second kappa shape index (κ2) is 7.06. The lowest BCUT2D eigenvalue weighted by atomic mass is 9.86. The molecule has 0 saturated heterocycles. The molecule has 2 heteroatoms. The SMILES string of the molecule is CCCCN(C)CC(N)c1ccc(C(C)(C)C)cc1. The van der Waals surface area contributed by atoms with Crippen LogP contribution >= 0.6 is 0 Å². The van der Waals surface area contributed by atoms with Crippen molar-refractivity contribution in [3.8, 4) is 0 Å². The molecule has 1 rings (SSSR count). The zero-order valence-corrected chi connectivity index (χ0v) is 13.2. The molecular formula is C17H30N2. The maximum absolute atomic E-state index is 6.29. The zero-order chi connectivity index (χ0) is 14.5. The van der Waals surface area contributed by atoms with Crippen LogP contribution < -0.4 is 5.73 Å². The largest absolute Gasteiger partial charge is 0.323 e. The van der Waals surface area contributed by atoms with Crippen molar-refractivity contribution in [3.63, 3.8) is 0 Å². The van der Waals surface area contributed by atoms with Crippen LogP contribution in [0.3, 0.4) is 0 Å². The lowest BCUT2D eigenvalue weighted by Gasteiger charge is -2.23. The molecule has 108 valence electrons. The number of rotatable bonds is 6. The Bertz CT molecular complexity index is 362. The Kier molecular flexibility index (Phi) is 6.02. The topological polar surface area (TPSA) is 29.3 Å². The number of nitrogens with zero attached hydrogens (tertiary/aromatic N) is 1. The molecule has 0 aliphatic rings. The van der Waals surface area contributed by atoms with Crippen molar-refractivity contribution in [2.24, 2.45) is 5.73 Å². The smallest absolute Gasteiger partial charge is 0.0424 e. The Morgan fingerprint density at radius 1 is 1.16 bits per heavy atom. The summed E-state index contributed by atoms with van der Waals surface area (Å²) in [6.07, 6.45) is 2.48. The Hall–Kier alpha value is -0.860. The molecule has 0 amide bonds. The fourth-order valence-corrected chi connectivity index (χ4v) is 2.19. The van der Waals surface area contributed by atoms with Gasteiger partial charge in [-0.25, -0.2) is 0 Å². The predicted molar refractivity (Wildman–Crippen MR) is 84.5 cm³/mol. The van der Waals surface area contributed by atoms with E-state index in [2.05, 4.69) is 63.9 Å². The highest BCUT2D eigenvalue weighted by Gasteiger charge is 2.14. The van der Waals surface area contributed by atoms with Crippen LogP contribution in [0.2, 0.25) is 0 Å². The van der Waals surface area contributed by atoms with Crippen LogP contribution in [0, 0.1) is 0 Å². The zero-order valence-electron chi connectivity index (χ0n) is 13.2. The number of benzene rings is 1. The van der Waals surface area contributed by atoms with Crippen LogP contribution in [0.1, 0.15) is 57.7 Å². The molecule has 0 bridgehead atoms. The standard InChI is InChI=1S/C17H30N2/c1-6-7-12-19(5)13-16(18)14-8-10-15(11-9-14)17(2,3)4/h8-11,16H,6-7,12-13,18H2,1-5H3. The summed E-state index contributed by atoms with van der Waals surface area (Å²) in [5.41, 5.74) is 9.09. The summed E-state index contributed by atoms with van der Waals surface area (Å²) in [6, 6.07) is 8.89. The van der Waals surface area contributed by atoms with Gasteiger partial charge in [0.2, 0.25) is 0 Å². The number of hydrogen-bond acceptors (Lipinski definition) is 2. The van der Waals surface area contributed by atoms with Crippen LogP contribution in [0.25, 0.3) is 0 Å². The Labute approximate surface area is 119 Å². The van der Waals surface area contributed by atoms with E-state index in [9.17, 15) is 0 Å². The quantitative estimate of drug-likeness (QED) is 0.846. The number of unbranched alkanes of at least 4 members (excludes halogenated alkanes) is 1. The van der Waals surface area contributed by atoms with Gasteiger partial charge >= 0.3 is 0 Å². The maximum Gasteiger partial charge on any atom is 0.0424 e. The first-order valence-corrected chi connectivity index (χ1v) is 7.39. The van der Waals surface area contributed by atoms with Gasteiger partial charge in [0.15, 0.2) is 0 Å². The van der Waals surface area contributed by atoms with Gasteiger partial charge in [0.25, 0.3) is 0 Å². The van der Waals surface area contributed by atoms with E-state index >= 15 is 0 Å². The fourth-order valence-electron chi connectivity index (χ4n) is 2.19. The lowest BCUT2D eigenvalue weighted by Crippen LogP contribution is -2.29. The fraction of sp³-hybridized carbons (Fsp3) is 0.647. The molecule has 0 aliphatic carbocycles. The van der Waals surface area contributed by atoms with Crippen molar-refractivity contribution < 1.29 is 0 Å². The van der Waals surface area contributed by atoms with Crippen molar-refractivity contribution in [1.82, 2.24) is 4.90 Å². The van der Waals surface area contributed by atoms with Gasteiger partial charge in [-0.2, -0.15) is 0 Å². The van der Waals surface area contributed by atoms with Gasteiger partial charge in [-0.05, 0) is 36.6 Å². The monoisotopic (exact) mass is 262 g/mol. The lowest BCUT2D eigenvalue weighted by molar-refractivity contribution is 0.307. The molecule has 1 aromatic carbocycles. The van der Waals surface area contributed by atoms with Gasteiger partial charge in [0.05, 0.1) is 0 Å². The first-order chi connectivity index (χ1) is 8.84. The molecule has 1 atom stereocenters. The molecule has 0 heterocycles. The number of hydrogen-bond donors (Lipinski definition) is 1. The van der Waals surface area contributed by atoms with E-state index in [0.29, 0.717) is 0 Å². The third-order valence-corrected chi connectivity index (χ3v) is 3.61. The Morgan fingerprint density at radius 3 is 2.21 bits per heavy atom. The van der Waals surface area contributed by atoms with E-state index in [1.54, 1.807) is 0 Å². The summed E-state index contributed by atoms with van der Waals surface area (Å²) >= 11 is 0. The average Bonchev–Trinajstić information content (AvgIpc) is 2.35. The highest BCUT2D eigenvalue weighted by atomic mass is 15.1. The maximum atomic E-state index is 6.29. The van der Waals surface area contributed by atoms with E-state index < -0.39 is 0 Å². The predicted octanol–water partition coefficient (Wildman–Crippen LogP) is 3.72. The number of likely N-dealkylation sites (N-methyl/N-ethyl adjacent to an activating group) is 1. The molecule has 2 nitrogen and oxygen atoms in total. The first kappa shape index (κ1) is 16.2. The Balaban J connectivity index is 2.60. The van der Waals surface area contributed by atoms with Gasteiger partial charge in [0.1, 0.15) is 0 Å². The third kappa shape index (κ3) is 5.33. The molecule has 2 N–H and O–H groups in total. The van der Waals surface area contributed by atoms with Crippen LogP contribution in [0.4, 0.5) is 0 Å². The van der Waals surface area contributed by atoms with Crippen molar-refractivity contribution >= 4 is 0 Å².